The molecule has 3 atom stereocenters. The third-order valence-corrected chi connectivity index (χ3v) is 7.23. The summed E-state index contributed by atoms with van der Waals surface area (Å²) in [5, 5.41) is 0. The van der Waals surface area contributed by atoms with Crippen molar-refractivity contribution in [1.29, 1.82) is 0 Å². The second-order valence-electron chi connectivity index (χ2n) is 9.71. The molecule has 3 aromatic rings. The molecule has 7 nitrogen and oxygen atoms in total. The molecular weight excluding hydrogens is 466 g/mol. The molecule has 0 aromatic heterocycles. The smallest absolute Gasteiger partial charge is 0.248 e. The van der Waals surface area contributed by atoms with Gasteiger partial charge in [0, 0.05) is 43.7 Å². The fourth-order valence-corrected chi connectivity index (χ4v) is 5.38. The van der Waals surface area contributed by atoms with Gasteiger partial charge < -0.3 is 15.2 Å². The zero-order chi connectivity index (χ0) is 25.8. The van der Waals surface area contributed by atoms with Crippen LogP contribution in [0.1, 0.15) is 29.6 Å². The highest BCUT2D eigenvalue weighted by Crippen LogP contribution is 2.33. The van der Waals surface area contributed by atoms with Crippen molar-refractivity contribution in [3.05, 3.63) is 84.4 Å². The van der Waals surface area contributed by atoms with E-state index in [1.54, 1.807) is 30.2 Å². The molecular formula is C30H33N3O4. The predicted octanol–water partition coefficient (Wildman–Crippen LogP) is 4.39. The number of methoxy groups -OCH3 is 1. The number of hydrogen-bond acceptors (Lipinski definition) is 5. The molecule has 0 unspecified atom stereocenters. The van der Waals surface area contributed by atoms with Gasteiger partial charge >= 0.3 is 0 Å². The number of primary amides is 1. The molecule has 0 saturated carbocycles. The average Bonchev–Trinajstić information content (AvgIpc) is 3.27. The number of anilines is 2. The highest BCUT2D eigenvalue weighted by Gasteiger charge is 2.40. The van der Waals surface area contributed by atoms with Gasteiger partial charge in [0.1, 0.15) is 0 Å². The molecule has 5 rings (SSSR count). The number of rotatable bonds is 9. The molecule has 0 radical (unpaired) electrons. The molecule has 2 bridgehead atoms. The second-order valence-corrected chi connectivity index (χ2v) is 9.71. The van der Waals surface area contributed by atoms with Crippen molar-refractivity contribution in [3.8, 4) is 11.1 Å². The lowest BCUT2D eigenvalue weighted by Gasteiger charge is -2.39. The highest BCUT2D eigenvalue weighted by molar-refractivity contribution is 6.05. The number of morpholine rings is 1. The van der Waals surface area contributed by atoms with Gasteiger partial charge in [0.15, 0.2) is 0 Å². The van der Waals surface area contributed by atoms with Gasteiger partial charge in [-0.25, -0.2) is 0 Å². The summed E-state index contributed by atoms with van der Waals surface area (Å²) >= 11 is 0. The van der Waals surface area contributed by atoms with Gasteiger partial charge in [0.2, 0.25) is 11.8 Å². The van der Waals surface area contributed by atoms with Crippen molar-refractivity contribution < 1.29 is 19.1 Å². The summed E-state index contributed by atoms with van der Waals surface area (Å²) in [6, 6.07) is 24.6. The first-order chi connectivity index (χ1) is 18.0. The number of hydrogen-bond donors (Lipinski definition) is 1. The molecule has 2 saturated heterocycles. The Morgan fingerprint density at radius 2 is 1.62 bits per heavy atom. The van der Waals surface area contributed by atoms with Gasteiger partial charge in [-0.05, 0) is 60.7 Å². The van der Waals surface area contributed by atoms with Crippen molar-refractivity contribution in [2.45, 2.75) is 37.5 Å². The third kappa shape index (κ3) is 5.59. The van der Waals surface area contributed by atoms with E-state index < -0.39 is 11.9 Å². The molecule has 2 fully saturated rings. The zero-order valence-electron chi connectivity index (χ0n) is 21.1. The second kappa shape index (κ2) is 11.3. The summed E-state index contributed by atoms with van der Waals surface area (Å²) in [5.41, 5.74) is 9.43. The molecule has 2 aliphatic heterocycles. The Morgan fingerprint density at radius 3 is 2.27 bits per heavy atom. The van der Waals surface area contributed by atoms with E-state index >= 15 is 0 Å². The van der Waals surface area contributed by atoms with E-state index in [0.717, 1.165) is 42.7 Å². The third-order valence-electron chi connectivity index (χ3n) is 7.23. The summed E-state index contributed by atoms with van der Waals surface area (Å²) < 4.78 is 11.4. The van der Waals surface area contributed by atoms with Crippen LogP contribution >= 0.6 is 0 Å². The maximum atomic E-state index is 14.4. The van der Waals surface area contributed by atoms with Crippen molar-refractivity contribution in [2.24, 2.45) is 5.73 Å². The van der Waals surface area contributed by atoms with E-state index in [0.29, 0.717) is 24.3 Å². The van der Waals surface area contributed by atoms with Crippen LogP contribution in [0.2, 0.25) is 0 Å². The van der Waals surface area contributed by atoms with Crippen LogP contribution in [0.5, 0.6) is 0 Å². The van der Waals surface area contributed by atoms with E-state index in [-0.39, 0.29) is 18.1 Å². The Morgan fingerprint density at radius 1 is 0.946 bits per heavy atom. The van der Waals surface area contributed by atoms with Crippen LogP contribution in [0.3, 0.4) is 0 Å². The van der Waals surface area contributed by atoms with E-state index in [1.165, 1.54) is 0 Å². The normalized spacial score (nSPS) is 19.9. The Hall–Kier alpha value is -3.52. The van der Waals surface area contributed by atoms with E-state index in [9.17, 15) is 9.59 Å². The van der Waals surface area contributed by atoms with Crippen molar-refractivity contribution in [3.63, 3.8) is 0 Å². The number of carbonyl (C=O) groups excluding carboxylic acids is 2. The first-order valence-electron chi connectivity index (χ1n) is 12.8. The van der Waals surface area contributed by atoms with Gasteiger partial charge in [0.05, 0.1) is 18.2 Å². The van der Waals surface area contributed by atoms with Crippen LogP contribution in [0.25, 0.3) is 11.1 Å². The first-order valence-corrected chi connectivity index (χ1v) is 12.8. The largest absolute Gasteiger partial charge is 0.385 e. The van der Waals surface area contributed by atoms with Crippen LogP contribution < -0.4 is 10.6 Å². The number of likely N-dealkylation sites (tertiary alicyclic amines) is 1. The summed E-state index contributed by atoms with van der Waals surface area (Å²) in [4.78, 5) is 30.3. The molecule has 192 valence electrons. The molecule has 0 spiro atoms. The van der Waals surface area contributed by atoms with Gasteiger partial charge in [-0.2, -0.15) is 0 Å². The van der Waals surface area contributed by atoms with Crippen LogP contribution in [0.4, 0.5) is 11.4 Å². The summed E-state index contributed by atoms with van der Waals surface area (Å²) in [6.07, 6.45) is 2.93. The average molecular weight is 500 g/mol. The minimum absolute atomic E-state index is 0.0626. The Balaban J connectivity index is 1.52. The van der Waals surface area contributed by atoms with E-state index in [4.69, 9.17) is 15.2 Å². The van der Waals surface area contributed by atoms with Crippen LogP contribution in [0, 0.1) is 0 Å². The molecule has 2 heterocycles. The molecule has 37 heavy (non-hydrogen) atoms. The number of nitrogens with two attached hydrogens (primary N) is 1. The number of amides is 2. The monoisotopic (exact) mass is 499 g/mol. The van der Waals surface area contributed by atoms with Crippen LogP contribution in [-0.4, -0.2) is 61.8 Å². The molecule has 2 N–H and O–H groups in total. The minimum Gasteiger partial charge on any atom is -0.385 e. The fourth-order valence-electron chi connectivity index (χ4n) is 5.38. The van der Waals surface area contributed by atoms with E-state index in [1.807, 2.05) is 48.5 Å². The summed E-state index contributed by atoms with van der Waals surface area (Å²) in [7, 11) is 1.65. The number of benzene rings is 3. The molecule has 2 aliphatic rings. The Labute approximate surface area is 217 Å². The maximum Gasteiger partial charge on any atom is 0.248 e. The quantitative estimate of drug-likeness (QED) is 0.472. The van der Waals surface area contributed by atoms with Crippen molar-refractivity contribution in [2.75, 3.05) is 31.7 Å². The number of carbonyl (C=O) groups is 2. The predicted molar refractivity (Wildman–Crippen MR) is 144 cm³/mol. The number of fused-ring (bicyclic) bond motifs is 2. The van der Waals surface area contributed by atoms with E-state index in [2.05, 4.69) is 17.0 Å². The Bertz CT molecular complexity index is 1220. The van der Waals surface area contributed by atoms with Gasteiger partial charge in [-0.15, -0.1) is 0 Å². The molecule has 0 aliphatic carbocycles. The lowest BCUT2D eigenvalue weighted by atomic mass is 10.0. The fraction of sp³-hybridized carbons (Fsp3) is 0.333. The van der Waals surface area contributed by atoms with Crippen LogP contribution in [0.15, 0.2) is 78.9 Å². The molecule has 3 aromatic carbocycles. The van der Waals surface area contributed by atoms with Crippen molar-refractivity contribution >= 4 is 23.2 Å². The van der Waals surface area contributed by atoms with Gasteiger partial charge in [0.25, 0.3) is 0 Å². The maximum absolute atomic E-state index is 14.4. The lowest BCUT2D eigenvalue weighted by molar-refractivity contribution is -0.128. The SMILES string of the molecule is COCC[C@@H](C(=O)N(c1ccc(-c2ccccc2)cc1)c1cccc(C(N)=O)c1)N1C[C@@H]2CC[C@@H](C1)O2. The lowest BCUT2D eigenvalue weighted by Crippen LogP contribution is -2.54. The molecule has 7 heteroatoms. The summed E-state index contributed by atoms with van der Waals surface area (Å²) in [5.74, 6) is -0.596. The highest BCUT2D eigenvalue weighted by atomic mass is 16.5. The molecule has 2 amide bonds. The first kappa shape index (κ1) is 25.1. The minimum atomic E-state index is -0.533. The standard InChI is InChI=1S/C30H33N3O4/c1-36-17-16-28(32-19-26-14-15-27(20-32)37-26)30(35)33(25-9-5-8-23(18-25)29(31)34)24-12-10-22(11-13-24)21-6-3-2-4-7-21/h2-13,18,26-28H,14-17,19-20H2,1H3,(H2,31,34)/t26-,27-,28-/m0/s1. The van der Waals surface area contributed by atoms with Gasteiger partial charge in [-0.3, -0.25) is 19.4 Å². The van der Waals surface area contributed by atoms with Crippen LogP contribution in [-0.2, 0) is 14.3 Å². The Kier molecular flexibility index (Phi) is 7.65. The zero-order valence-corrected chi connectivity index (χ0v) is 21.1. The topological polar surface area (TPSA) is 85.1 Å². The number of ether oxygens (including phenoxy) is 2. The van der Waals surface area contributed by atoms with Gasteiger partial charge in [-0.1, -0.05) is 48.5 Å². The summed E-state index contributed by atoms with van der Waals surface area (Å²) in [6.45, 7) is 1.91. The van der Waals surface area contributed by atoms with Crippen molar-refractivity contribution in [1.82, 2.24) is 4.90 Å². The number of nitrogens with zero attached hydrogens (tertiary/aromatic N) is 2.